The first kappa shape index (κ1) is 19.9. The molecule has 3 nitrogen and oxygen atoms in total. The van der Waals surface area contributed by atoms with Crippen LogP contribution in [0, 0.1) is 0 Å². The third-order valence-electron chi connectivity index (χ3n) is 3.40. The van der Waals surface area contributed by atoms with Gasteiger partial charge >= 0.3 is 0 Å². The first-order valence-corrected chi connectivity index (χ1v) is 10.1. The molecule has 0 amide bonds. The van der Waals surface area contributed by atoms with Gasteiger partial charge in [0.1, 0.15) is 0 Å². The van der Waals surface area contributed by atoms with Crippen LogP contribution in [0.25, 0.3) is 0 Å². The number of hydrogen-bond donors (Lipinski definition) is 1. The van der Waals surface area contributed by atoms with Crippen LogP contribution in [-0.4, -0.2) is 25.5 Å². The van der Waals surface area contributed by atoms with Crippen LogP contribution in [0.3, 0.4) is 0 Å². The molecule has 0 heterocycles. The minimum atomic E-state index is -2.97. The molecule has 0 aromatic carbocycles. The number of hydrogen-bond acceptors (Lipinski definition) is 3. The van der Waals surface area contributed by atoms with Crippen LogP contribution in [0.15, 0.2) is 0 Å². The van der Waals surface area contributed by atoms with E-state index in [2.05, 4.69) is 6.92 Å². The fraction of sp³-hybridized carbons (Fsp3) is 1.00. The molecule has 122 valence electrons. The molecule has 0 fully saturated rings. The average molecular weight is 306 g/mol. The highest BCUT2D eigenvalue weighted by atomic mass is 32.2. The highest BCUT2D eigenvalue weighted by Crippen LogP contribution is 2.12. The van der Waals surface area contributed by atoms with E-state index in [4.69, 9.17) is 5.73 Å². The summed E-state index contributed by atoms with van der Waals surface area (Å²) >= 11 is 0. The maximum absolute atomic E-state index is 11.8. The molecule has 0 spiro atoms. The number of rotatable bonds is 13. The molecule has 20 heavy (non-hydrogen) atoms. The molecule has 2 N–H and O–H groups in total. The first-order chi connectivity index (χ1) is 9.27. The van der Waals surface area contributed by atoms with Gasteiger partial charge in [0, 0.05) is 5.54 Å². The molecule has 4 heteroatoms. The van der Waals surface area contributed by atoms with E-state index in [0.29, 0.717) is 5.75 Å². The van der Waals surface area contributed by atoms with E-state index in [9.17, 15) is 8.42 Å². The van der Waals surface area contributed by atoms with Crippen LogP contribution in [0.1, 0.15) is 85.0 Å². The third-order valence-corrected chi connectivity index (χ3v) is 5.50. The Morgan fingerprint density at radius 3 is 1.60 bits per heavy atom. The first-order valence-electron chi connectivity index (χ1n) is 8.26. The van der Waals surface area contributed by atoms with E-state index >= 15 is 0 Å². The van der Waals surface area contributed by atoms with Gasteiger partial charge in [0.2, 0.25) is 0 Å². The van der Waals surface area contributed by atoms with Crippen molar-refractivity contribution >= 4 is 9.84 Å². The molecule has 0 aliphatic carbocycles. The van der Waals surface area contributed by atoms with Crippen molar-refractivity contribution in [3.63, 3.8) is 0 Å². The lowest BCUT2D eigenvalue weighted by atomic mass is 10.1. The lowest BCUT2D eigenvalue weighted by Crippen LogP contribution is -2.40. The monoisotopic (exact) mass is 305 g/mol. The summed E-state index contributed by atoms with van der Waals surface area (Å²) in [6, 6.07) is 0. The zero-order valence-electron chi connectivity index (χ0n) is 13.8. The highest BCUT2D eigenvalue weighted by Gasteiger charge is 2.21. The highest BCUT2D eigenvalue weighted by molar-refractivity contribution is 7.91. The fourth-order valence-electron chi connectivity index (χ4n) is 2.45. The van der Waals surface area contributed by atoms with Crippen molar-refractivity contribution in [1.29, 1.82) is 0 Å². The van der Waals surface area contributed by atoms with Crippen molar-refractivity contribution in [3.05, 3.63) is 0 Å². The topological polar surface area (TPSA) is 60.2 Å². The Bertz CT molecular complexity index is 318. The average Bonchev–Trinajstić information content (AvgIpc) is 2.28. The molecule has 0 radical (unpaired) electrons. The van der Waals surface area contributed by atoms with Gasteiger partial charge in [-0.1, -0.05) is 64.7 Å². The molecule has 0 rings (SSSR count). The molecule has 0 saturated carbocycles. The van der Waals surface area contributed by atoms with E-state index in [-0.39, 0.29) is 5.75 Å². The van der Waals surface area contributed by atoms with Crippen LogP contribution in [-0.2, 0) is 9.84 Å². The van der Waals surface area contributed by atoms with Crippen molar-refractivity contribution in [2.24, 2.45) is 5.73 Å². The van der Waals surface area contributed by atoms with Gasteiger partial charge in [0.25, 0.3) is 0 Å². The summed E-state index contributed by atoms with van der Waals surface area (Å²) < 4.78 is 23.6. The lowest BCUT2D eigenvalue weighted by Gasteiger charge is -2.18. The van der Waals surface area contributed by atoms with E-state index in [1.54, 1.807) is 13.8 Å². The van der Waals surface area contributed by atoms with Gasteiger partial charge in [-0.15, -0.1) is 0 Å². The summed E-state index contributed by atoms with van der Waals surface area (Å²) in [5.74, 6) is 0.390. The molecule has 0 saturated heterocycles. The van der Waals surface area contributed by atoms with E-state index in [1.807, 2.05) is 0 Å². The molecule has 0 aromatic rings. The van der Waals surface area contributed by atoms with Gasteiger partial charge in [-0.3, -0.25) is 0 Å². The van der Waals surface area contributed by atoms with Crippen molar-refractivity contribution in [3.8, 4) is 0 Å². The number of nitrogens with two attached hydrogens (primary N) is 1. The second kappa shape index (κ2) is 10.6. The van der Waals surface area contributed by atoms with Crippen LogP contribution < -0.4 is 5.73 Å². The van der Waals surface area contributed by atoms with E-state index in [1.165, 1.54) is 44.9 Å². The molecular formula is C16H35NO2S. The predicted octanol–water partition coefficient (Wildman–Crippen LogP) is 4.06. The van der Waals surface area contributed by atoms with Gasteiger partial charge in [0.05, 0.1) is 11.5 Å². The number of unbranched alkanes of at least 4 members (excludes halogenated alkanes) is 9. The van der Waals surface area contributed by atoms with Crippen molar-refractivity contribution in [2.75, 3.05) is 11.5 Å². The summed E-state index contributed by atoms with van der Waals surface area (Å²) in [6.45, 7) is 5.77. The van der Waals surface area contributed by atoms with Crippen molar-refractivity contribution in [1.82, 2.24) is 0 Å². The number of sulfone groups is 1. The van der Waals surface area contributed by atoms with Crippen molar-refractivity contribution in [2.45, 2.75) is 90.5 Å². The summed E-state index contributed by atoms with van der Waals surface area (Å²) in [4.78, 5) is 0. The molecule has 0 bridgehead atoms. The smallest absolute Gasteiger partial charge is 0.152 e. The largest absolute Gasteiger partial charge is 0.325 e. The Hall–Kier alpha value is -0.0900. The van der Waals surface area contributed by atoms with Gasteiger partial charge in [-0.25, -0.2) is 8.42 Å². The third kappa shape index (κ3) is 14.3. The van der Waals surface area contributed by atoms with Gasteiger partial charge < -0.3 is 5.73 Å². The Balaban J connectivity index is 3.44. The maximum Gasteiger partial charge on any atom is 0.152 e. The van der Waals surface area contributed by atoms with E-state index in [0.717, 1.165) is 19.3 Å². The maximum atomic E-state index is 11.8. The minimum absolute atomic E-state index is 0.0947. The summed E-state index contributed by atoms with van der Waals surface area (Å²) in [5.41, 5.74) is 5.15. The van der Waals surface area contributed by atoms with Crippen molar-refractivity contribution < 1.29 is 8.42 Å². The van der Waals surface area contributed by atoms with Gasteiger partial charge in [0.15, 0.2) is 9.84 Å². The van der Waals surface area contributed by atoms with Gasteiger partial charge in [-0.2, -0.15) is 0 Å². The predicted molar refractivity (Wildman–Crippen MR) is 88.8 cm³/mol. The Kier molecular flexibility index (Phi) is 10.6. The quantitative estimate of drug-likeness (QED) is 0.522. The summed E-state index contributed by atoms with van der Waals surface area (Å²) in [7, 11) is -2.97. The molecule has 0 aliphatic rings. The molecule has 0 aliphatic heterocycles. The molecular weight excluding hydrogens is 270 g/mol. The summed E-state index contributed by atoms with van der Waals surface area (Å²) in [6.07, 6.45) is 12.2. The van der Waals surface area contributed by atoms with Crippen LogP contribution in [0.2, 0.25) is 0 Å². The standard InChI is InChI=1S/C16H35NO2S/c1-4-5-6-7-8-9-10-11-12-13-14-20(18,19)15-16(2,3)17/h4-15,17H2,1-3H3. The van der Waals surface area contributed by atoms with Gasteiger partial charge in [-0.05, 0) is 20.3 Å². The van der Waals surface area contributed by atoms with E-state index < -0.39 is 15.4 Å². The fourth-order valence-corrected chi connectivity index (χ4v) is 4.37. The Morgan fingerprint density at radius 2 is 1.20 bits per heavy atom. The van der Waals surface area contributed by atoms with Crippen LogP contribution >= 0.6 is 0 Å². The minimum Gasteiger partial charge on any atom is -0.325 e. The zero-order chi connectivity index (χ0) is 15.5. The second-order valence-corrected chi connectivity index (χ2v) is 8.95. The SMILES string of the molecule is CCCCCCCCCCCCS(=O)(=O)CC(C)(C)N. The second-order valence-electron chi connectivity index (χ2n) is 6.76. The molecule has 0 atom stereocenters. The normalized spacial score (nSPS) is 12.8. The summed E-state index contributed by atoms with van der Waals surface area (Å²) in [5, 5.41) is 0. The molecule has 0 unspecified atom stereocenters. The molecule has 0 aromatic heterocycles. The Morgan fingerprint density at radius 1 is 0.800 bits per heavy atom. The Labute approximate surface area is 126 Å². The zero-order valence-corrected chi connectivity index (χ0v) is 14.6. The van der Waals surface area contributed by atoms with Crippen LogP contribution in [0.4, 0.5) is 0 Å². The van der Waals surface area contributed by atoms with Crippen LogP contribution in [0.5, 0.6) is 0 Å². The lowest BCUT2D eigenvalue weighted by molar-refractivity contribution is 0.537.